The lowest BCUT2D eigenvalue weighted by Gasteiger charge is -2.15. The van der Waals surface area contributed by atoms with E-state index in [0.717, 1.165) is 39.3 Å². The number of likely N-dealkylation sites (tertiary alicyclic amines) is 1. The topological polar surface area (TPSA) is 199 Å². The third kappa shape index (κ3) is 24.1. The maximum absolute atomic E-state index is 11.7. The molecule has 2 fully saturated rings. The van der Waals surface area contributed by atoms with E-state index in [1.807, 2.05) is 17.0 Å². The number of ketones is 2. The normalized spacial score (nSPS) is 12.5. The lowest BCUT2D eigenvalue weighted by molar-refractivity contribution is -0.145. The van der Waals surface area contributed by atoms with Crippen LogP contribution < -0.4 is 21.7 Å². The van der Waals surface area contributed by atoms with Crippen LogP contribution in [0.25, 0.3) is 0 Å². The van der Waals surface area contributed by atoms with Crippen LogP contribution in [-0.4, -0.2) is 82.1 Å². The first-order valence-corrected chi connectivity index (χ1v) is 18.5. The molecule has 0 spiro atoms. The number of pyridine rings is 3. The van der Waals surface area contributed by atoms with Crippen LogP contribution >= 0.6 is 47.8 Å². The lowest BCUT2D eigenvalue weighted by Crippen LogP contribution is -2.32. The van der Waals surface area contributed by atoms with E-state index in [-0.39, 0.29) is 36.3 Å². The Morgan fingerprint density at radius 2 is 1.25 bits per heavy atom. The Hall–Kier alpha value is -3.80. The number of hydrogen-bond donors (Lipinski definition) is 4. The Kier molecular flexibility index (Phi) is 23.9. The zero-order valence-electron chi connectivity index (χ0n) is 28.9. The van der Waals surface area contributed by atoms with Crippen molar-refractivity contribution in [3.05, 3.63) is 68.4 Å². The molecule has 0 aliphatic carbocycles. The maximum atomic E-state index is 11.7. The number of Topliss-reactive ketones (excluding diaryl/α,β-unsaturated/α-hetero) is 2. The highest BCUT2D eigenvalue weighted by molar-refractivity contribution is 9.11. The Morgan fingerprint density at radius 1 is 0.765 bits per heavy atom. The molecule has 3 aromatic rings. The van der Waals surface area contributed by atoms with E-state index >= 15 is 0 Å². The smallest absolute Gasteiger partial charge is 0.323 e. The molecule has 17 heteroatoms. The van der Waals surface area contributed by atoms with E-state index < -0.39 is 5.97 Å². The quantitative estimate of drug-likeness (QED) is 0.148. The van der Waals surface area contributed by atoms with E-state index in [1.165, 1.54) is 39.8 Å². The highest BCUT2D eigenvalue weighted by atomic mass is 79.9. The van der Waals surface area contributed by atoms with Crippen molar-refractivity contribution in [3.63, 3.8) is 0 Å². The van der Waals surface area contributed by atoms with Gasteiger partial charge in [-0.25, -0.2) is 19.7 Å². The van der Waals surface area contributed by atoms with Crippen molar-refractivity contribution in [1.29, 1.82) is 0 Å². The Balaban J connectivity index is 0.000000334. The highest BCUT2D eigenvalue weighted by Crippen LogP contribution is 2.15. The summed E-state index contributed by atoms with van der Waals surface area (Å²) in [6, 6.07) is 10.5. The van der Waals surface area contributed by atoms with Gasteiger partial charge in [0.1, 0.15) is 35.4 Å². The number of ether oxygens (including phenoxy) is 1. The van der Waals surface area contributed by atoms with Crippen LogP contribution in [0.5, 0.6) is 0 Å². The van der Waals surface area contributed by atoms with E-state index in [1.54, 1.807) is 49.8 Å². The van der Waals surface area contributed by atoms with Gasteiger partial charge >= 0.3 is 12.0 Å². The minimum atomic E-state index is -0.440. The number of aromatic nitrogens is 3. The van der Waals surface area contributed by atoms with Crippen LogP contribution in [-0.2, 0) is 23.9 Å². The fourth-order valence-corrected chi connectivity index (χ4v) is 4.95. The van der Waals surface area contributed by atoms with Gasteiger partial charge in [-0.3, -0.25) is 24.5 Å². The third-order valence-corrected chi connectivity index (χ3v) is 7.63. The second-order valence-corrected chi connectivity index (χ2v) is 13.6. The molecule has 2 saturated heterocycles. The predicted molar refractivity (Wildman–Crippen MR) is 208 cm³/mol. The number of esters is 1. The number of carbonyl (C=O) groups excluding carboxylic acids is 5. The Labute approximate surface area is 323 Å². The number of halogens is 3. The van der Waals surface area contributed by atoms with Crippen molar-refractivity contribution in [3.8, 4) is 0 Å². The van der Waals surface area contributed by atoms with Crippen LogP contribution in [0.4, 0.5) is 22.2 Å². The highest BCUT2D eigenvalue weighted by Gasteiger charge is 2.18. The van der Waals surface area contributed by atoms with Crippen LogP contribution in [0.2, 0.25) is 0 Å². The molecule has 3 aromatic heterocycles. The molecule has 51 heavy (non-hydrogen) atoms. The van der Waals surface area contributed by atoms with Gasteiger partial charge in [0.2, 0.25) is 5.91 Å². The molecule has 0 unspecified atom stereocenters. The van der Waals surface area contributed by atoms with E-state index in [0.29, 0.717) is 24.1 Å². The van der Waals surface area contributed by atoms with Crippen LogP contribution in [0.3, 0.4) is 0 Å². The van der Waals surface area contributed by atoms with Crippen molar-refractivity contribution in [2.45, 2.75) is 59.3 Å². The SMILES string of the molecule is C1CCNC1.CC(=O)CC(=O)Nc1cc(Br)ccn1.CCOC(=O)CC(C)=O.Nc1cc(Br)ccn1.O=C(Nc1cc(Br)ccn1)N1CCCC1. The second-order valence-electron chi connectivity index (χ2n) is 10.8. The summed E-state index contributed by atoms with van der Waals surface area (Å²) in [6.45, 7) is 8.97. The van der Waals surface area contributed by atoms with Crippen molar-refractivity contribution in [2.24, 2.45) is 0 Å². The largest absolute Gasteiger partial charge is 0.466 e. The minimum absolute atomic E-state index is 0.0573. The molecule has 2 aliphatic rings. The van der Waals surface area contributed by atoms with Gasteiger partial charge < -0.3 is 26.0 Å². The molecule has 0 saturated carbocycles. The number of nitrogens with one attached hydrogen (secondary N) is 3. The van der Waals surface area contributed by atoms with E-state index in [4.69, 9.17) is 5.73 Å². The zero-order valence-corrected chi connectivity index (χ0v) is 33.7. The molecule has 5 N–H and O–H groups in total. The minimum Gasteiger partial charge on any atom is -0.466 e. The van der Waals surface area contributed by atoms with Gasteiger partial charge in [0, 0.05) is 45.1 Å². The van der Waals surface area contributed by atoms with E-state index in [9.17, 15) is 24.0 Å². The summed E-state index contributed by atoms with van der Waals surface area (Å²) in [6.07, 6.45) is 9.62. The summed E-state index contributed by atoms with van der Waals surface area (Å²) in [5, 5.41) is 8.51. The summed E-state index contributed by atoms with van der Waals surface area (Å²) in [5.41, 5.74) is 5.32. The average molecular weight is 901 g/mol. The van der Waals surface area contributed by atoms with Gasteiger partial charge in [-0.05, 0) is 95.9 Å². The number of nitrogens with zero attached hydrogens (tertiary/aromatic N) is 4. The summed E-state index contributed by atoms with van der Waals surface area (Å²) < 4.78 is 7.19. The second kappa shape index (κ2) is 26.9. The summed E-state index contributed by atoms with van der Waals surface area (Å²) >= 11 is 9.82. The third-order valence-electron chi connectivity index (χ3n) is 6.15. The van der Waals surface area contributed by atoms with Gasteiger partial charge in [-0.1, -0.05) is 47.8 Å². The molecule has 0 radical (unpaired) electrons. The van der Waals surface area contributed by atoms with Crippen LogP contribution in [0.15, 0.2) is 68.4 Å². The standard InChI is InChI=1S/C10H12BrN3O.C9H9BrN2O2.C6H10O3.C5H5BrN2.C4H9N/c11-8-3-4-12-9(7-8)13-10(15)14-5-1-2-6-14;1-6(13)4-9(14)12-8-5-7(10)2-3-11-8;1-3-9-6(8)4-5(2)7;6-4-1-2-8-5(7)3-4;1-2-4-5-3-1/h3-4,7H,1-2,5-6H2,(H,12,13,15);2-3,5H,4H2,1H3,(H,11,12,14);3-4H2,1-2H3;1-3H,(H2,7,8);5H,1-4H2. The Morgan fingerprint density at radius 3 is 1.65 bits per heavy atom. The molecule has 3 amide bonds. The van der Waals surface area contributed by atoms with E-state index in [2.05, 4.69) is 83.4 Å². The number of nitrogen functional groups attached to an aromatic ring is 1. The maximum Gasteiger partial charge on any atom is 0.323 e. The first-order valence-electron chi connectivity index (χ1n) is 16.1. The van der Waals surface area contributed by atoms with Crippen molar-refractivity contribution in [2.75, 3.05) is 49.2 Å². The molecule has 5 rings (SSSR count). The number of rotatable bonds is 7. The van der Waals surface area contributed by atoms with Gasteiger partial charge in [0.05, 0.1) is 13.0 Å². The molecule has 0 bridgehead atoms. The van der Waals surface area contributed by atoms with Gasteiger partial charge in [-0.2, -0.15) is 0 Å². The molecule has 14 nitrogen and oxygen atoms in total. The average Bonchev–Trinajstić information content (AvgIpc) is 3.80. The first kappa shape index (κ1) is 45.2. The number of urea groups is 1. The lowest BCUT2D eigenvalue weighted by atomic mass is 10.3. The number of nitrogens with two attached hydrogens (primary N) is 1. The summed E-state index contributed by atoms with van der Waals surface area (Å²) in [7, 11) is 0. The molecule has 5 heterocycles. The molecular formula is C34H45Br3N8O6. The molecule has 278 valence electrons. The number of anilines is 3. The predicted octanol–water partition coefficient (Wildman–Crippen LogP) is 6.56. The molecular weight excluding hydrogens is 856 g/mol. The van der Waals surface area contributed by atoms with Gasteiger partial charge in [0.15, 0.2) is 0 Å². The van der Waals surface area contributed by atoms with Gasteiger partial charge in [0.25, 0.3) is 0 Å². The fourth-order valence-electron chi connectivity index (χ4n) is 3.93. The zero-order chi connectivity index (χ0) is 38.0. The van der Waals surface area contributed by atoms with Crippen LogP contribution in [0.1, 0.15) is 59.3 Å². The monoisotopic (exact) mass is 898 g/mol. The number of amides is 3. The van der Waals surface area contributed by atoms with Crippen LogP contribution in [0, 0.1) is 0 Å². The summed E-state index contributed by atoms with van der Waals surface area (Å²) in [5.74, 6) is 0.449. The number of carbonyl (C=O) groups is 5. The molecule has 0 aromatic carbocycles. The molecule has 0 atom stereocenters. The first-order chi connectivity index (χ1) is 24.3. The fraction of sp³-hybridized carbons (Fsp3) is 0.412. The number of hydrogen-bond acceptors (Lipinski definition) is 11. The van der Waals surface area contributed by atoms with Crippen molar-refractivity contribution >= 4 is 94.7 Å². The summed E-state index contributed by atoms with van der Waals surface area (Å²) in [4.78, 5) is 67.7. The van der Waals surface area contributed by atoms with Crippen molar-refractivity contribution in [1.82, 2.24) is 25.2 Å². The van der Waals surface area contributed by atoms with Gasteiger partial charge in [-0.15, -0.1) is 0 Å². The Bertz CT molecular complexity index is 1510. The molecule has 2 aliphatic heterocycles. The van der Waals surface area contributed by atoms with Crippen molar-refractivity contribution < 1.29 is 28.7 Å².